The highest BCUT2D eigenvalue weighted by Gasteiger charge is 2.51. The molecule has 1 amide bonds. The normalized spacial score (nSPS) is 36.4. The molecule has 1 aliphatic heterocycles. The predicted octanol–water partition coefficient (Wildman–Crippen LogP) is 0.116. The maximum absolute atomic E-state index is 12.1. The van der Waals surface area contributed by atoms with Crippen molar-refractivity contribution in [3.8, 4) is 0 Å². The Morgan fingerprint density at radius 3 is 2.29 bits per heavy atom. The Bertz CT molecular complexity index is 343. The largest absolute Gasteiger partial charge is 0.481 e. The van der Waals surface area contributed by atoms with Crippen molar-refractivity contribution < 1.29 is 14.7 Å². The van der Waals surface area contributed by atoms with Crippen LogP contribution in [0.5, 0.6) is 0 Å². The van der Waals surface area contributed by atoms with Crippen molar-refractivity contribution in [3.05, 3.63) is 0 Å². The van der Waals surface area contributed by atoms with Crippen LogP contribution in [0.4, 0.5) is 0 Å². The van der Waals surface area contributed by atoms with E-state index in [0.717, 1.165) is 13.1 Å². The van der Waals surface area contributed by atoms with Crippen molar-refractivity contribution in [2.24, 2.45) is 17.8 Å². The summed E-state index contributed by atoms with van der Waals surface area (Å²) < 4.78 is 0. The number of likely N-dealkylation sites (N-methyl/N-ethyl adjacent to an activating group) is 1. The Hall–Kier alpha value is -1.10. The van der Waals surface area contributed by atoms with Crippen molar-refractivity contribution >= 4 is 11.9 Å². The first kappa shape index (κ1) is 12.4. The van der Waals surface area contributed by atoms with Gasteiger partial charge in [0.25, 0.3) is 0 Å². The molecule has 2 fully saturated rings. The van der Waals surface area contributed by atoms with E-state index < -0.39 is 11.9 Å². The summed E-state index contributed by atoms with van der Waals surface area (Å²) >= 11 is 0. The fraction of sp³-hybridized carbons (Fsp3) is 0.833. The second kappa shape index (κ2) is 4.29. The van der Waals surface area contributed by atoms with Crippen molar-refractivity contribution in [3.63, 3.8) is 0 Å². The maximum Gasteiger partial charge on any atom is 0.307 e. The van der Waals surface area contributed by atoms with E-state index in [-0.39, 0.29) is 11.8 Å². The van der Waals surface area contributed by atoms with E-state index in [2.05, 4.69) is 11.8 Å². The molecular weight excluding hydrogens is 220 g/mol. The first-order valence-corrected chi connectivity index (χ1v) is 6.09. The number of nitrogens with zero attached hydrogens (tertiary/aromatic N) is 2. The van der Waals surface area contributed by atoms with E-state index in [9.17, 15) is 9.59 Å². The zero-order valence-electron chi connectivity index (χ0n) is 10.6. The van der Waals surface area contributed by atoms with Crippen molar-refractivity contribution in [2.75, 3.05) is 27.2 Å². The molecule has 96 valence electrons. The summed E-state index contributed by atoms with van der Waals surface area (Å²) in [6.45, 7) is 3.62. The lowest BCUT2D eigenvalue weighted by Crippen LogP contribution is -2.36. The number of likely N-dealkylation sites (tertiary alicyclic amines) is 1. The van der Waals surface area contributed by atoms with Crippen LogP contribution in [0.3, 0.4) is 0 Å². The van der Waals surface area contributed by atoms with Crippen LogP contribution in [0, 0.1) is 17.8 Å². The zero-order valence-corrected chi connectivity index (χ0v) is 10.6. The van der Waals surface area contributed by atoms with Gasteiger partial charge in [-0.1, -0.05) is 6.92 Å². The van der Waals surface area contributed by atoms with Crippen LogP contribution in [0.25, 0.3) is 0 Å². The van der Waals surface area contributed by atoms with E-state index in [1.54, 1.807) is 0 Å². The Labute approximate surface area is 101 Å². The fourth-order valence-electron chi connectivity index (χ4n) is 2.78. The van der Waals surface area contributed by atoms with Crippen LogP contribution in [0.1, 0.15) is 13.3 Å². The molecule has 1 aliphatic carbocycles. The number of hydrogen-bond acceptors (Lipinski definition) is 3. The monoisotopic (exact) mass is 240 g/mol. The molecule has 1 N–H and O–H groups in total. The van der Waals surface area contributed by atoms with Gasteiger partial charge in [-0.15, -0.1) is 0 Å². The Kier molecular flexibility index (Phi) is 3.12. The highest BCUT2D eigenvalue weighted by Crippen LogP contribution is 2.41. The summed E-state index contributed by atoms with van der Waals surface area (Å²) in [5.41, 5.74) is 0. The van der Waals surface area contributed by atoms with Crippen LogP contribution >= 0.6 is 0 Å². The number of carboxylic acids is 1. The van der Waals surface area contributed by atoms with E-state index in [4.69, 9.17) is 5.11 Å². The predicted molar refractivity (Wildman–Crippen MR) is 62.5 cm³/mol. The number of amides is 1. The summed E-state index contributed by atoms with van der Waals surface area (Å²) in [7, 11) is 4.04. The third-order valence-corrected chi connectivity index (χ3v) is 3.97. The van der Waals surface area contributed by atoms with Gasteiger partial charge >= 0.3 is 5.97 Å². The Morgan fingerprint density at radius 2 is 1.88 bits per heavy atom. The average molecular weight is 240 g/mol. The molecule has 0 spiro atoms. The molecule has 0 aromatic heterocycles. The molecule has 17 heavy (non-hydrogen) atoms. The number of hydrogen-bond donors (Lipinski definition) is 1. The van der Waals surface area contributed by atoms with Gasteiger partial charge in [0.15, 0.2) is 0 Å². The standard InChI is InChI=1S/C12H20N2O3/c1-7-5-14(6-10(7)13(2)3)11(15)8-4-9(8)12(16)17/h7-10H,4-6H2,1-3H3,(H,16,17)/t7?,8-,9+,10?/m1/s1. The molecule has 0 radical (unpaired) electrons. The first-order chi connectivity index (χ1) is 7.91. The minimum atomic E-state index is -0.834. The quantitative estimate of drug-likeness (QED) is 0.761. The zero-order chi connectivity index (χ0) is 12.7. The van der Waals surface area contributed by atoms with Gasteiger partial charge in [0.1, 0.15) is 0 Å². The van der Waals surface area contributed by atoms with Crippen LogP contribution < -0.4 is 0 Å². The van der Waals surface area contributed by atoms with Crippen molar-refractivity contribution in [1.82, 2.24) is 9.80 Å². The van der Waals surface area contributed by atoms with Crippen LogP contribution in [0.2, 0.25) is 0 Å². The summed E-state index contributed by atoms with van der Waals surface area (Å²) in [5, 5.41) is 8.83. The summed E-state index contributed by atoms with van der Waals surface area (Å²) in [4.78, 5) is 26.8. The minimum Gasteiger partial charge on any atom is -0.481 e. The lowest BCUT2D eigenvalue weighted by molar-refractivity contribution is -0.141. The molecule has 5 heteroatoms. The SMILES string of the molecule is CC1CN(C(=O)[C@@H]2C[C@@H]2C(=O)O)CC1N(C)C. The summed E-state index contributed by atoms with van der Waals surface area (Å²) in [6, 6.07) is 0.390. The Morgan fingerprint density at radius 1 is 1.24 bits per heavy atom. The average Bonchev–Trinajstić information content (AvgIpc) is 2.94. The fourth-order valence-corrected chi connectivity index (χ4v) is 2.78. The highest BCUT2D eigenvalue weighted by molar-refractivity contribution is 5.89. The summed E-state index contributed by atoms with van der Waals surface area (Å²) in [5.74, 6) is -1.04. The van der Waals surface area contributed by atoms with Gasteiger partial charge in [-0.2, -0.15) is 0 Å². The molecule has 2 aliphatic rings. The Balaban J connectivity index is 1.93. The molecular formula is C12H20N2O3. The van der Waals surface area contributed by atoms with Gasteiger partial charge in [-0.05, 0) is 26.4 Å². The van der Waals surface area contributed by atoms with Crippen LogP contribution in [0.15, 0.2) is 0 Å². The number of carbonyl (C=O) groups excluding carboxylic acids is 1. The van der Waals surface area contributed by atoms with Crippen molar-refractivity contribution in [2.45, 2.75) is 19.4 Å². The molecule has 4 atom stereocenters. The maximum atomic E-state index is 12.1. The molecule has 1 saturated heterocycles. The van der Waals surface area contributed by atoms with Gasteiger partial charge in [-0.25, -0.2) is 0 Å². The van der Waals surface area contributed by atoms with Gasteiger partial charge in [0.05, 0.1) is 11.8 Å². The van der Waals surface area contributed by atoms with E-state index in [1.165, 1.54) is 0 Å². The summed E-state index contributed by atoms with van der Waals surface area (Å²) in [6.07, 6.45) is 0.520. The van der Waals surface area contributed by atoms with E-state index in [1.807, 2.05) is 19.0 Å². The van der Waals surface area contributed by atoms with Gasteiger partial charge in [-0.3, -0.25) is 9.59 Å². The van der Waals surface area contributed by atoms with Crippen LogP contribution in [-0.4, -0.2) is 60.0 Å². The lowest BCUT2D eigenvalue weighted by atomic mass is 10.1. The lowest BCUT2D eigenvalue weighted by Gasteiger charge is -2.22. The molecule has 0 aromatic rings. The molecule has 0 aromatic carbocycles. The molecule has 5 nitrogen and oxygen atoms in total. The first-order valence-electron chi connectivity index (χ1n) is 6.09. The van der Waals surface area contributed by atoms with E-state index in [0.29, 0.717) is 18.4 Å². The second-order valence-electron chi connectivity index (χ2n) is 5.54. The third-order valence-electron chi connectivity index (χ3n) is 3.97. The number of carboxylic acid groups (broad SMARTS) is 1. The minimum absolute atomic E-state index is 0.0357. The smallest absolute Gasteiger partial charge is 0.307 e. The molecule has 2 rings (SSSR count). The van der Waals surface area contributed by atoms with Crippen LogP contribution in [-0.2, 0) is 9.59 Å². The van der Waals surface area contributed by atoms with Gasteiger partial charge in [0, 0.05) is 19.1 Å². The molecule has 1 heterocycles. The number of aliphatic carboxylic acids is 1. The molecule has 2 unspecified atom stereocenters. The highest BCUT2D eigenvalue weighted by atomic mass is 16.4. The third kappa shape index (κ3) is 2.29. The number of rotatable bonds is 3. The number of carbonyl (C=O) groups is 2. The van der Waals surface area contributed by atoms with Gasteiger partial charge < -0.3 is 14.9 Å². The second-order valence-corrected chi connectivity index (χ2v) is 5.54. The molecule has 0 bridgehead atoms. The van der Waals surface area contributed by atoms with Gasteiger partial charge in [0.2, 0.25) is 5.91 Å². The van der Waals surface area contributed by atoms with Crippen molar-refractivity contribution in [1.29, 1.82) is 0 Å². The van der Waals surface area contributed by atoms with E-state index >= 15 is 0 Å². The topological polar surface area (TPSA) is 60.9 Å². The molecule has 1 saturated carbocycles.